The number of carbonyl (C=O) groups excluding carboxylic acids is 1. The molecule has 2 aliphatic heterocycles. The highest BCUT2D eigenvalue weighted by Crippen LogP contribution is 2.34. The second-order valence-electron chi connectivity index (χ2n) is 7.21. The van der Waals surface area contributed by atoms with Crippen LogP contribution in [0.2, 0.25) is 0 Å². The van der Waals surface area contributed by atoms with Gasteiger partial charge in [-0.1, -0.05) is 0 Å². The Hall–Kier alpha value is -2.64. The number of hydrazine groups is 1. The number of ether oxygens (including phenoxy) is 2. The first-order valence-electron chi connectivity index (χ1n) is 9.64. The van der Waals surface area contributed by atoms with Crippen molar-refractivity contribution in [2.24, 2.45) is 0 Å². The molecule has 2 aromatic rings. The van der Waals surface area contributed by atoms with Gasteiger partial charge in [0.1, 0.15) is 11.5 Å². The molecule has 0 spiro atoms. The molecule has 7 nitrogen and oxygen atoms in total. The number of aromatic nitrogens is 1. The van der Waals surface area contributed by atoms with E-state index in [4.69, 9.17) is 9.47 Å². The van der Waals surface area contributed by atoms with Gasteiger partial charge in [-0.15, -0.1) is 0 Å². The summed E-state index contributed by atoms with van der Waals surface area (Å²) >= 11 is 0. The molecule has 1 aromatic heterocycles. The molecule has 1 amide bonds. The van der Waals surface area contributed by atoms with Gasteiger partial charge in [0.2, 0.25) is 0 Å². The molecule has 2 saturated heterocycles. The van der Waals surface area contributed by atoms with Crippen molar-refractivity contribution in [3.05, 3.63) is 53.9 Å². The zero-order valence-corrected chi connectivity index (χ0v) is 16.2. The maximum atomic E-state index is 13.4. The maximum absolute atomic E-state index is 13.4. The van der Waals surface area contributed by atoms with E-state index >= 15 is 0 Å². The minimum atomic E-state index is 0.00387. The van der Waals surface area contributed by atoms with Crippen LogP contribution >= 0.6 is 0 Å². The van der Waals surface area contributed by atoms with E-state index in [-0.39, 0.29) is 18.0 Å². The molecule has 3 unspecified atom stereocenters. The number of hydrogen-bond acceptors (Lipinski definition) is 6. The van der Waals surface area contributed by atoms with E-state index in [0.29, 0.717) is 23.0 Å². The number of benzene rings is 1. The summed E-state index contributed by atoms with van der Waals surface area (Å²) in [4.78, 5) is 19.5. The number of likely N-dealkylation sites (tertiary alicyclic amines) is 1. The highest BCUT2D eigenvalue weighted by molar-refractivity contribution is 5.97. The molecular formula is C21H26N4O3. The molecule has 4 rings (SSSR count). The minimum Gasteiger partial charge on any atom is -0.497 e. The van der Waals surface area contributed by atoms with E-state index in [1.54, 1.807) is 32.4 Å². The molecule has 2 fully saturated rings. The number of methoxy groups -OCH3 is 2. The number of pyridine rings is 1. The number of nitrogens with zero attached hydrogens (tertiary/aromatic N) is 2. The van der Waals surface area contributed by atoms with Crippen molar-refractivity contribution in [2.75, 3.05) is 27.3 Å². The average Bonchev–Trinajstić information content (AvgIpc) is 3.42. The number of nitrogens with one attached hydrogen (secondary N) is 2. The summed E-state index contributed by atoms with van der Waals surface area (Å²) in [7, 11) is 3.18. The Morgan fingerprint density at radius 2 is 2.00 bits per heavy atom. The van der Waals surface area contributed by atoms with Gasteiger partial charge in [-0.3, -0.25) is 20.6 Å². The Kier molecular flexibility index (Phi) is 5.45. The lowest BCUT2D eigenvalue weighted by Gasteiger charge is -2.32. The highest BCUT2D eigenvalue weighted by Gasteiger charge is 2.42. The molecule has 0 radical (unpaired) electrons. The average molecular weight is 382 g/mol. The quantitative estimate of drug-likeness (QED) is 0.824. The van der Waals surface area contributed by atoms with Gasteiger partial charge in [-0.2, -0.15) is 0 Å². The number of carbonyl (C=O) groups is 1. The fourth-order valence-electron chi connectivity index (χ4n) is 4.36. The zero-order chi connectivity index (χ0) is 19.5. The van der Waals surface area contributed by atoms with Gasteiger partial charge in [0, 0.05) is 49.6 Å². The van der Waals surface area contributed by atoms with E-state index in [1.807, 2.05) is 17.3 Å². The maximum Gasteiger partial charge on any atom is 0.257 e. The van der Waals surface area contributed by atoms with E-state index in [0.717, 1.165) is 25.9 Å². The van der Waals surface area contributed by atoms with E-state index in [2.05, 4.69) is 28.0 Å². The lowest BCUT2D eigenvalue weighted by molar-refractivity contribution is 0.0701. The van der Waals surface area contributed by atoms with Crippen LogP contribution in [0.4, 0.5) is 0 Å². The highest BCUT2D eigenvalue weighted by atomic mass is 16.5. The van der Waals surface area contributed by atoms with E-state index in [1.165, 1.54) is 5.56 Å². The van der Waals surface area contributed by atoms with Gasteiger partial charge in [0.15, 0.2) is 0 Å². The lowest BCUT2D eigenvalue weighted by atomic mass is 9.88. The van der Waals surface area contributed by atoms with Crippen molar-refractivity contribution < 1.29 is 14.3 Å². The molecular weight excluding hydrogens is 356 g/mol. The third-order valence-electron chi connectivity index (χ3n) is 5.77. The molecule has 148 valence electrons. The predicted molar refractivity (Wildman–Crippen MR) is 106 cm³/mol. The Labute approximate surface area is 165 Å². The fraction of sp³-hybridized carbons (Fsp3) is 0.429. The van der Waals surface area contributed by atoms with Gasteiger partial charge < -0.3 is 14.4 Å². The van der Waals surface area contributed by atoms with E-state index in [9.17, 15) is 4.79 Å². The molecule has 7 heteroatoms. The van der Waals surface area contributed by atoms with Crippen LogP contribution in [-0.4, -0.2) is 55.2 Å². The third kappa shape index (κ3) is 3.43. The van der Waals surface area contributed by atoms with E-state index < -0.39 is 0 Å². The van der Waals surface area contributed by atoms with Crippen LogP contribution in [0.25, 0.3) is 0 Å². The second-order valence-corrected chi connectivity index (χ2v) is 7.21. The second kappa shape index (κ2) is 8.16. The van der Waals surface area contributed by atoms with Crippen molar-refractivity contribution >= 4 is 5.91 Å². The first kappa shape index (κ1) is 18.7. The van der Waals surface area contributed by atoms with Crippen molar-refractivity contribution in [2.45, 2.75) is 30.8 Å². The standard InChI is InChI=1S/C21H26N4O3/c1-27-15-5-6-16(19(12-15)28-2)21(26)25-11-3-4-18(25)20-17(13-23-24-20)14-7-9-22-10-8-14/h5-10,12,17-18,20,23-24H,3-4,11,13H2,1-2H3. The summed E-state index contributed by atoms with van der Waals surface area (Å²) in [6.07, 6.45) is 5.62. The molecule has 1 aromatic carbocycles. The smallest absolute Gasteiger partial charge is 0.257 e. The topological polar surface area (TPSA) is 75.7 Å². The van der Waals surface area contributed by atoms with Gasteiger partial charge in [0.25, 0.3) is 5.91 Å². The fourth-order valence-corrected chi connectivity index (χ4v) is 4.36. The van der Waals surface area contributed by atoms with Crippen LogP contribution in [0.3, 0.4) is 0 Å². The molecule has 0 saturated carbocycles. The SMILES string of the molecule is COc1ccc(C(=O)N2CCCC2C2NNCC2c2ccncc2)c(OC)c1. The normalized spacial score (nSPS) is 24.4. The van der Waals surface area contributed by atoms with Crippen molar-refractivity contribution in [1.82, 2.24) is 20.7 Å². The first-order valence-corrected chi connectivity index (χ1v) is 9.64. The molecule has 2 N–H and O–H groups in total. The van der Waals surface area contributed by atoms with Crippen molar-refractivity contribution in [3.8, 4) is 11.5 Å². The van der Waals surface area contributed by atoms with Crippen LogP contribution < -0.4 is 20.3 Å². The summed E-state index contributed by atoms with van der Waals surface area (Å²) in [5.74, 6) is 1.51. The third-order valence-corrected chi connectivity index (χ3v) is 5.77. The Bertz CT molecular complexity index is 830. The van der Waals surface area contributed by atoms with Gasteiger partial charge in [0.05, 0.1) is 19.8 Å². The van der Waals surface area contributed by atoms with Gasteiger partial charge in [-0.05, 0) is 42.7 Å². The van der Waals surface area contributed by atoms with Crippen molar-refractivity contribution in [3.63, 3.8) is 0 Å². The number of rotatable bonds is 5. The summed E-state index contributed by atoms with van der Waals surface area (Å²) < 4.78 is 10.7. The Morgan fingerprint density at radius 3 is 2.75 bits per heavy atom. The lowest BCUT2D eigenvalue weighted by Crippen LogP contribution is -2.49. The van der Waals surface area contributed by atoms with Gasteiger partial charge in [-0.25, -0.2) is 0 Å². The van der Waals surface area contributed by atoms with Crippen LogP contribution in [0.15, 0.2) is 42.7 Å². The monoisotopic (exact) mass is 382 g/mol. The number of amides is 1. The summed E-state index contributed by atoms with van der Waals surface area (Å²) in [6.45, 7) is 1.58. The van der Waals surface area contributed by atoms with Crippen LogP contribution in [-0.2, 0) is 0 Å². The largest absolute Gasteiger partial charge is 0.497 e. The molecule has 28 heavy (non-hydrogen) atoms. The minimum absolute atomic E-state index is 0.00387. The first-order chi connectivity index (χ1) is 13.7. The molecule has 3 heterocycles. The van der Waals surface area contributed by atoms with Gasteiger partial charge >= 0.3 is 0 Å². The summed E-state index contributed by atoms with van der Waals surface area (Å²) in [6, 6.07) is 9.73. The number of hydrogen-bond donors (Lipinski definition) is 2. The van der Waals surface area contributed by atoms with Crippen LogP contribution in [0.1, 0.15) is 34.7 Å². The van der Waals surface area contributed by atoms with Crippen molar-refractivity contribution in [1.29, 1.82) is 0 Å². The molecule has 2 aliphatic rings. The predicted octanol–water partition coefficient (Wildman–Crippen LogP) is 1.96. The molecule has 0 bridgehead atoms. The zero-order valence-electron chi connectivity index (χ0n) is 16.2. The molecule has 0 aliphatic carbocycles. The Balaban J connectivity index is 1.59. The molecule has 3 atom stereocenters. The van der Waals surface area contributed by atoms with Crippen LogP contribution in [0.5, 0.6) is 11.5 Å². The Morgan fingerprint density at radius 1 is 1.18 bits per heavy atom. The summed E-state index contributed by atoms with van der Waals surface area (Å²) in [5, 5.41) is 0. The summed E-state index contributed by atoms with van der Waals surface area (Å²) in [5.41, 5.74) is 8.51. The van der Waals surface area contributed by atoms with Crippen LogP contribution in [0, 0.1) is 0 Å².